The van der Waals surface area contributed by atoms with Crippen LogP contribution < -0.4 is 14.4 Å². The van der Waals surface area contributed by atoms with Gasteiger partial charge in [-0.05, 0) is 25.6 Å². The predicted molar refractivity (Wildman–Crippen MR) is 158 cm³/mol. The summed E-state index contributed by atoms with van der Waals surface area (Å²) >= 11 is 12.8. The van der Waals surface area contributed by atoms with Gasteiger partial charge >= 0.3 is 6.01 Å². The number of amides is 1. The summed E-state index contributed by atoms with van der Waals surface area (Å²) in [6.45, 7) is 9.49. The van der Waals surface area contributed by atoms with Crippen molar-refractivity contribution in [2.75, 3.05) is 51.2 Å². The molecule has 42 heavy (non-hydrogen) atoms. The molecule has 1 aromatic carbocycles. The van der Waals surface area contributed by atoms with Crippen molar-refractivity contribution >= 4 is 56.7 Å². The second kappa shape index (κ2) is 11.5. The van der Waals surface area contributed by atoms with E-state index < -0.39 is 5.82 Å². The van der Waals surface area contributed by atoms with E-state index in [2.05, 4.69) is 40.6 Å². The first-order valence-electron chi connectivity index (χ1n) is 13.6. The Morgan fingerprint density at radius 2 is 1.93 bits per heavy atom. The first-order chi connectivity index (χ1) is 20.2. The quantitative estimate of drug-likeness (QED) is 0.244. The maximum atomic E-state index is 14.7. The number of carbonyl (C=O) groups is 1. The molecular weight excluding hydrogens is 586 g/mol. The molecule has 220 valence electrons. The lowest BCUT2D eigenvalue weighted by Crippen LogP contribution is -2.48. The summed E-state index contributed by atoms with van der Waals surface area (Å²) in [6.07, 6.45) is 3.52. The third-order valence-electron chi connectivity index (χ3n) is 7.72. The number of rotatable bonds is 6. The number of benzene rings is 1. The largest absolute Gasteiger partial charge is 0.460 e. The van der Waals surface area contributed by atoms with Gasteiger partial charge < -0.3 is 24.2 Å². The second-order valence-corrected chi connectivity index (χ2v) is 11.4. The van der Waals surface area contributed by atoms with Gasteiger partial charge in [-0.3, -0.25) is 9.89 Å². The van der Waals surface area contributed by atoms with Crippen molar-refractivity contribution in [2.45, 2.75) is 19.4 Å². The number of likely N-dealkylation sites (tertiary alicyclic amines) is 1. The molecule has 0 radical (unpaired) electrons. The van der Waals surface area contributed by atoms with Crippen LogP contribution in [0.5, 0.6) is 17.6 Å². The topological polar surface area (TPSA) is 113 Å². The van der Waals surface area contributed by atoms with Gasteiger partial charge in [-0.1, -0.05) is 36.7 Å². The Morgan fingerprint density at radius 3 is 2.67 bits per heavy atom. The maximum absolute atomic E-state index is 14.7. The van der Waals surface area contributed by atoms with Crippen molar-refractivity contribution in [3.8, 4) is 17.6 Å². The molecule has 0 bridgehead atoms. The summed E-state index contributed by atoms with van der Waals surface area (Å²) < 4.78 is 27.3. The van der Waals surface area contributed by atoms with Gasteiger partial charge in [0.1, 0.15) is 33.4 Å². The van der Waals surface area contributed by atoms with Crippen LogP contribution in [0.15, 0.2) is 31.0 Å². The van der Waals surface area contributed by atoms with Crippen LogP contribution in [0.25, 0.3) is 21.8 Å². The predicted octanol–water partition coefficient (Wildman–Crippen LogP) is 4.69. The minimum absolute atomic E-state index is 0.0119. The van der Waals surface area contributed by atoms with E-state index in [0.717, 1.165) is 19.5 Å². The Labute approximate surface area is 251 Å². The number of piperazine rings is 1. The summed E-state index contributed by atoms with van der Waals surface area (Å²) in [6, 6.07) is 3.06. The first kappa shape index (κ1) is 28.4. The Morgan fingerprint density at radius 1 is 1.14 bits per heavy atom. The van der Waals surface area contributed by atoms with E-state index in [9.17, 15) is 9.18 Å². The molecule has 2 aliphatic heterocycles. The molecule has 1 unspecified atom stereocenters. The number of halogens is 3. The Hall–Kier alpha value is -3.74. The molecule has 4 aromatic rings. The number of aromatic amines is 1. The molecule has 3 aromatic heterocycles. The van der Waals surface area contributed by atoms with Crippen LogP contribution in [0.4, 0.5) is 10.2 Å². The molecule has 2 atom stereocenters. The van der Waals surface area contributed by atoms with E-state index in [-0.39, 0.29) is 45.7 Å². The Balaban J connectivity index is 1.45. The van der Waals surface area contributed by atoms with Crippen molar-refractivity contribution in [3.63, 3.8) is 0 Å². The van der Waals surface area contributed by atoms with Gasteiger partial charge in [0.05, 0.1) is 22.5 Å². The van der Waals surface area contributed by atoms with Gasteiger partial charge in [0.2, 0.25) is 11.8 Å². The number of nitrogens with one attached hydrogen (secondary N) is 1. The van der Waals surface area contributed by atoms with Crippen LogP contribution in [-0.4, -0.2) is 93.3 Å². The van der Waals surface area contributed by atoms with Crippen molar-refractivity contribution in [1.82, 2.24) is 34.9 Å². The van der Waals surface area contributed by atoms with Crippen molar-refractivity contribution < 1.29 is 18.7 Å². The van der Waals surface area contributed by atoms with Crippen molar-refractivity contribution in [2.24, 2.45) is 5.92 Å². The first-order valence-corrected chi connectivity index (χ1v) is 14.4. The molecule has 1 amide bonds. The molecule has 0 spiro atoms. The maximum Gasteiger partial charge on any atom is 0.319 e. The van der Waals surface area contributed by atoms with Crippen LogP contribution in [0.1, 0.15) is 13.3 Å². The van der Waals surface area contributed by atoms with Gasteiger partial charge in [0.25, 0.3) is 0 Å². The van der Waals surface area contributed by atoms with E-state index in [1.807, 2.05) is 4.90 Å². The number of fused-ring (bicyclic) bond motifs is 2. The zero-order chi connectivity index (χ0) is 29.5. The van der Waals surface area contributed by atoms with E-state index in [1.54, 1.807) is 11.0 Å². The SMILES string of the molecule is C=CC(=O)N1CCN(c2nc(O[C@@H]3CCN(C)CC3C)nc3c(Oc4c(Cl)c(F)cc5[nH]ncc45)nc(Cl)cc23)CC1. The van der Waals surface area contributed by atoms with E-state index in [1.165, 1.54) is 18.3 Å². The fourth-order valence-electron chi connectivity index (χ4n) is 5.51. The Bertz CT molecular complexity index is 1680. The molecule has 14 heteroatoms. The summed E-state index contributed by atoms with van der Waals surface area (Å²) in [5.74, 6) is 0.0476. The molecule has 2 aliphatic rings. The van der Waals surface area contributed by atoms with Crippen LogP contribution in [-0.2, 0) is 4.79 Å². The number of pyridine rings is 1. The minimum atomic E-state index is -0.683. The van der Waals surface area contributed by atoms with Crippen LogP contribution >= 0.6 is 23.2 Å². The fourth-order valence-corrected chi connectivity index (χ4v) is 5.89. The average Bonchev–Trinajstić information content (AvgIpc) is 3.44. The minimum Gasteiger partial charge on any atom is -0.460 e. The molecule has 0 saturated carbocycles. The number of hydrogen-bond acceptors (Lipinski definition) is 9. The molecule has 2 fully saturated rings. The third-order valence-corrected chi connectivity index (χ3v) is 8.27. The highest BCUT2D eigenvalue weighted by atomic mass is 35.5. The normalized spacial score (nSPS) is 19.8. The highest BCUT2D eigenvalue weighted by Crippen LogP contribution is 2.41. The van der Waals surface area contributed by atoms with Gasteiger partial charge in [0.15, 0.2) is 5.75 Å². The Kier molecular flexibility index (Phi) is 7.77. The van der Waals surface area contributed by atoms with Gasteiger partial charge in [0, 0.05) is 51.3 Å². The third kappa shape index (κ3) is 5.41. The zero-order valence-corrected chi connectivity index (χ0v) is 24.6. The lowest BCUT2D eigenvalue weighted by atomic mass is 9.97. The lowest BCUT2D eigenvalue weighted by molar-refractivity contribution is -0.126. The molecule has 6 rings (SSSR count). The molecule has 0 aliphatic carbocycles. The highest BCUT2D eigenvalue weighted by Gasteiger charge is 2.29. The van der Waals surface area contributed by atoms with Gasteiger partial charge in [-0.2, -0.15) is 20.1 Å². The zero-order valence-electron chi connectivity index (χ0n) is 23.1. The summed E-state index contributed by atoms with van der Waals surface area (Å²) in [5, 5.41) is 7.64. The van der Waals surface area contributed by atoms with Crippen molar-refractivity contribution in [1.29, 1.82) is 0 Å². The number of hydrogen-bond donors (Lipinski definition) is 1. The monoisotopic (exact) mass is 614 g/mol. The van der Waals surface area contributed by atoms with Gasteiger partial charge in [-0.15, -0.1) is 0 Å². The number of anilines is 1. The van der Waals surface area contributed by atoms with Gasteiger partial charge in [-0.25, -0.2) is 4.39 Å². The number of H-pyrrole nitrogens is 1. The summed E-state index contributed by atoms with van der Waals surface area (Å²) in [4.78, 5) is 32.2. The van der Waals surface area contributed by atoms with E-state index in [0.29, 0.717) is 53.8 Å². The van der Waals surface area contributed by atoms with E-state index in [4.69, 9.17) is 42.6 Å². The molecule has 5 heterocycles. The second-order valence-electron chi connectivity index (χ2n) is 10.6. The molecule has 1 N–H and O–H groups in total. The number of carbonyl (C=O) groups excluding carboxylic acids is 1. The summed E-state index contributed by atoms with van der Waals surface area (Å²) in [7, 11) is 2.08. The molecule has 2 saturated heterocycles. The number of aromatic nitrogens is 5. The standard InChI is InChI=1S/C28H29Cl2FN8O3/c1-4-22(40)38-7-9-39(10-8-38)26-16-11-21(29)33-27(42-25-17-13-32-36-19(17)12-18(31)23(25)30)24(16)34-28(35-26)41-20-5-6-37(3)14-15(20)2/h4,11-13,15,20H,1,5-10,14H2,2-3H3,(H,32,36)/t15?,20-/m1/s1. The number of piperidine rings is 1. The average molecular weight is 615 g/mol. The number of ether oxygens (including phenoxy) is 2. The number of nitrogens with zero attached hydrogens (tertiary/aromatic N) is 7. The molecular formula is C28H29Cl2FN8O3. The van der Waals surface area contributed by atoms with Crippen LogP contribution in [0.3, 0.4) is 0 Å². The fraction of sp³-hybridized carbons (Fsp3) is 0.393. The molecule has 11 nitrogen and oxygen atoms in total. The summed E-state index contributed by atoms with van der Waals surface area (Å²) in [5.41, 5.74) is 0.724. The highest BCUT2D eigenvalue weighted by molar-refractivity contribution is 6.33. The van der Waals surface area contributed by atoms with E-state index >= 15 is 0 Å². The smallest absolute Gasteiger partial charge is 0.319 e. The van der Waals surface area contributed by atoms with Crippen LogP contribution in [0, 0.1) is 11.7 Å². The lowest BCUT2D eigenvalue weighted by Gasteiger charge is -2.36. The van der Waals surface area contributed by atoms with Crippen LogP contribution in [0.2, 0.25) is 10.2 Å². The van der Waals surface area contributed by atoms with Crippen molar-refractivity contribution in [3.05, 3.63) is 47.0 Å².